The topological polar surface area (TPSA) is 106 Å². The number of halogens is 3. The lowest BCUT2D eigenvalue weighted by molar-refractivity contribution is -0.142. The molecule has 4 heterocycles. The van der Waals surface area contributed by atoms with Gasteiger partial charge in [0, 0.05) is 31.2 Å². The van der Waals surface area contributed by atoms with Gasteiger partial charge in [0.2, 0.25) is 0 Å². The maximum atomic E-state index is 13.8. The normalized spacial score (nSPS) is 11.7. The molecule has 4 aromatic heterocycles. The SMILES string of the molecule is CCc1ccc(-c2cc(C(F)(F)F)n3nc(C(=O)Nc4cn(C)nc4C(=O)NC)cc3n2)s1. The van der Waals surface area contributed by atoms with Gasteiger partial charge in [-0.1, -0.05) is 6.92 Å². The maximum Gasteiger partial charge on any atom is 0.433 e. The number of aromatic nitrogens is 5. The molecule has 4 aromatic rings. The Bertz CT molecular complexity index is 1370. The molecule has 2 amide bonds. The highest BCUT2D eigenvalue weighted by atomic mass is 32.1. The Morgan fingerprint density at radius 2 is 1.91 bits per heavy atom. The molecule has 172 valence electrons. The lowest BCUT2D eigenvalue weighted by Gasteiger charge is -2.10. The molecule has 0 unspecified atom stereocenters. The van der Waals surface area contributed by atoms with Crippen LogP contribution in [0.15, 0.2) is 30.5 Å². The molecule has 0 saturated heterocycles. The number of carbonyl (C=O) groups is 2. The van der Waals surface area contributed by atoms with E-state index in [1.54, 1.807) is 13.1 Å². The van der Waals surface area contributed by atoms with E-state index in [1.807, 2.05) is 13.0 Å². The monoisotopic (exact) mass is 477 g/mol. The zero-order valence-electron chi connectivity index (χ0n) is 17.7. The molecule has 13 heteroatoms. The summed E-state index contributed by atoms with van der Waals surface area (Å²) in [5.41, 5.74) is -1.29. The summed E-state index contributed by atoms with van der Waals surface area (Å²) >= 11 is 1.35. The molecule has 0 spiro atoms. The first-order valence-electron chi connectivity index (χ1n) is 9.75. The summed E-state index contributed by atoms with van der Waals surface area (Å²) in [7, 11) is 2.96. The summed E-state index contributed by atoms with van der Waals surface area (Å²) in [6, 6.07) is 5.64. The fourth-order valence-corrected chi connectivity index (χ4v) is 4.08. The van der Waals surface area contributed by atoms with Crippen molar-refractivity contribution in [2.75, 3.05) is 12.4 Å². The molecule has 0 aliphatic carbocycles. The highest BCUT2D eigenvalue weighted by Crippen LogP contribution is 2.34. The standard InChI is InChI=1S/C20H18F3N7O2S/c1-4-10-5-6-14(33-10)11-7-15(20(21,22)23)30-16(25-11)8-12(27-30)18(31)26-13-9-29(3)28-17(13)19(32)24-2/h5-9H,4H2,1-3H3,(H,24,32)(H,26,31). The van der Waals surface area contributed by atoms with Crippen LogP contribution in [-0.2, 0) is 19.6 Å². The number of rotatable bonds is 5. The van der Waals surface area contributed by atoms with Crippen molar-refractivity contribution in [2.45, 2.75) is 19.5 Å². The van der Waals surface area contributed by atoms with Crippen LogP contribution < -0.4 is 10.6 Å². The van der Waals surface area contributed by atoms with Crippen molar-refractivity contribution in [3.8, 4) is 10.6 Å². The third-order valence-corrected chi connectivity index (χ3v) is 5.98. The first kappa shape index (κ1) is 22.5. The second-order valence-corrected chi connectivity index (χ2v) is 8.21. The Morgan fingerprint density at radius 1 is 1.15 bits per heavy atom. The van der Waals surface area contributed by atoms with Gasteiger partial charge in [-0.25, -0.2) is 9.50 Å². The van der Waals surface area contributed by atoms with Crippen LogP contribution >= 0.6 is 11.3 Å². The molecule has 4 rings (SSSR count). The van der Waals surface area contributed by atoms with E-state index in [2.05, 4.69) is 25.8 Å². The summed E-state index contributed by atoms with van der Waals surface area (Å²) in [6.07, 6.45) is -2.57. The molecular formula is C20H18F3N7O2S. The zero-order chi connectivity index (χ0) is 23.9. The highest BCUT2D eigenvalue weighted by Gasteiger charge is 2.36. The summed E-state index contributed by atoms with van der Waals surface area (Å²) in [5, 5.41) is 12.7. The van der Waals surface area contributed by atoms with E-state index in [-0.39, 0.29) is 28.4 Å². The number of thiophene rings is 1. The molecule has 0 radical (unpaired) electrons. The Hall–Kier alpha value is -3.74. The van der Waals surface area contributed by atoms with Gasteiger partial charge in [0.25, 0.3) is 11.8 Å². The molecule has 33 heavy (non-hydrogen) atoms. The van der Waals surface area contributed by atoms with E-state index in [9.17, 15) is 22.8 Å². The number of fused-ring (bicyclic) bond motifs is 1. The molecule has 0 fully saturated rings. The van der Waals surface area contributed by atoms with Gasteiger partial charge in [-0.15, -0.1) is 11.3 Å². The molecule has 0 aliphatic rings. The van der Waals surface area contributed by atoms with Gasteiger partial charge in [0.15, 0.2) is 22.7 Å². The third-order valence-electron chi connectivity index (χ3n) is 4.73. The predicted molar refractivity (Wildman–Crippen MR) is 115 cm³/mol. The Morgan fingerprint density at radius 3 is 2.55 bits per heavy atom. The average Bonchev–Trinajstić information content (AvgIpc) is 3.49. The van der Waals surface area contributed by atoms with Crippen LogP contribution in [-0.4, -0.2) is 43.2 Å². The smallest absolute Gasteiger partial charge is 0.354 e. The van der Waals surface area contributed by atoms with Crippen molar-refractivity contribution < 1.29 is 22.8 Å². The number of amides is 2. The molecule has 0 aliphatic heterocycles. The fourth-order valence-electron chi connectivity index (χ4n) is 3.17. The van der Waals surface area contributed by atoms with E-state index in [0.29, 0.717) is 9.39 Å². The van der Waals surface area contributed by atoms with Crippen LogP contribution in [0.4, 0.5) is 18.9 Å². The van der Waals surface area contributed by atoms with Crippen LogP contribution in [0.2, 0.25) is 0 Å². The quantitative estimate of drug-likeness (QED) is 0.458. The van der Waals surface area contributed by atoms with E-state index in [1.165, 1.54) is 35.3 Å². The van der Waals surface area contributed by atoms with Crippen molar-refractivity contribution in [1.82, 2.24) is 29.7 Å². The Balaban J connectivity index is 1.76. The number of carbonyl (C=O) groups excluding carboxylic acids is 2. The molecule has 0 bridgehead atoms. The second-order valence-electron chi connectivity index (χ2n) is 7.04. The van der Waals surface area contributed by atoms with Crippen LogP contribution in [0.1, 0.15) is 38.5 Å². The number of alkyl halides is 3. The van der Waals surface area contributed by atoms with E-state index >= 15 is 0 Å². The second kappa shape index (κ2) is 8.31. The van der Waals surface area contributed by atoms with Gasteiger partial charge in [0.05, 0.1) is 16.3 Å². The maximum absolute atomic E-state index is 13.8. The van der Waals surface area contributed by atoms with Crippen LogP contribution in [0.5, 0.6) is 0 Å². The molecule has 2 N–H and O–H groups in total. The number of aryl methyl sites for hydroxylation is 2. The Labute approximate surface area is 189 Å². The van der Waals surface area contributed by atoms with Gasteiger partial charge in [-0.3, -0.25) is 14.3 Å². The molecular weight excluding hydrogens is 459 g/mol. The van der Waals surface area contributed by atoms with Gasteiger partial charge in [-0.05, 0) is 24.6 Å². The summed E-state index contributed by atoms with van der Waals surface area (Å²) < 4.78 is 43.3. The minimum atomic E-state index is -4.73. The van der Waals surface area contributed by atoms with Gasteiger partial charge >= 0.3 is 6.18 Å². The highest BCUT2D eigenvalue weighted by molar-refractivity contribution is 7.15. The minimum Gasteiger partial charge on any atom is -0.354 e. The average molecular weight is 477 g/mol. The van der Waals surface area contributed by atoms with Crippen molar-refractivity contribution >= 4 is 34.5 Å². The predicted octanol–water partition coefficient (Wildman–Crippen LogP) is 3.38. The first-order valence-corrected chi connectivity index (χ1v) is 10.6. The molecule has 0 aromatic carbocycles. The van der Waals surface area contributed by atoms with Gasteiger partial charge < -0.3 is 10.6 Å². The van der Waals surface area contributed by atoms with Gasteiger partial charge in [0.1, 0.15) is 0 Å². The number of nitrogens with one attached hydrogen (secondary N) is 2. The number of nitrogens with zero attached hydrogens (tertiary/aromatic N) is 5. The van der Waals surface area contributed by atoms with E-state index in [0.717, 1.165) is 17.4 Å². The van der Waals surface area contributed by atoms with Crippen molar-refractivity contribution in [3.63, 3.8) is 0 Å². The van der Waals surface area contributed by atoms with Crippen LogP contribution in [0.3, 0.4) is 0 Å². The van der Waals surface area contributed by atoms with E-state index in [4.69, 9.17) is 0 Å². The number of hydrogen-bond acceptors (Lipinski definition) is 6. The molecule has 0 saturated carbocycles. The summed E-state index contributed by atoms with van der Waals surface area (Å²) in [6.45, 7) is 1.95. The van der Waals surface area contributed by atoms with Gasteiger partial charge in [-0.2, -0.15) is 23.4 Å². The molecule has 0 atom stereocenters. The lowest BCUT2D eigenvalue weighted by atomic mass is 10.2. The fraction of sp³-hybridized carbons (Fsp3) is 0.250. The zero-order valence-corrected chi connectivity index (χ0v) is 18.5. The van der Waals surface area contributed by atoms with Crippen LogP contribution in [0.25, 0.3) is 16.2 Å². The van der Waals surface area contributed by atoms with Crippen molar-refractivity contribution in [2.24, 2.45) is 7.05 Å². The largest absolute Gasteiger partial charge is 0.433 e. The lowest BCUT2D eigenvalue weighted by Crippen LogP contribution is -2.21. The summed E-state index contributed by atoms with van der Waals surface area (Å²) in [4.78, 5) is 30.6. The number of anilines is 1. The number of hydrogen-bond donors (Lipinski definition) is 2. The summed E-state index contributed by atoms with van der Waals surface area (Å²) in [5.74, 6) is -1.34. The van der Waals surface area contributed by atoms with Crippen LogP contribution in [0, 0.1) is 0 Å². The van der Waals surface area contributed by atoms with Crippen molar-refractivity contribution in [1.29, 1.82) is 0 Å². The molecule has 9 nitrogen and oxygen atoms in total. The minimum absolute atomic E-state index is 0.0436. The van der Waals surface area contributed by atoms with E-state index < -0.39 is 23.7 Å². The third kappa shape index (κ3) is 4.31. The van der Waals surface area contributed by atoms with Crippen molar-refractivity contribution in [3.05, 3.63) is 52.4 Å². The first-order chi connectivity index (χ1) is 15.6. The Kier molecular flexibility index (Phi) is 5.66.